The number of fused-ring (bicyclic) bond motifs is 1. The molecule has 1 aliphatic heterocycles. The first-order valence-electron chi connectivity index (χ1n) is 8.01. The number of amides is 2. The summed E-state index contributed by atoms with van der Waals surface area (Å²) in [4.78, 5) is 26.1. The maximum atomic E-state index is 12.3. The van der Waals surface area contributed by atoms with E-state index in [9.17, 15) is 9.59 Å². The topological polar surface area (TPSA) is 58.6 Å². The van der Waals surface area contributed by atoms with E-state index in [1.165, 1.54) is 0 Å². The lowest BCUT2D eigenvalue weighted by Gasteiger charge is -2.28. The molecular formula is C19H20N2O3. The number of aryl methyl sites for hydroxylation is 1. The highest BCUT2D eigenvalue weighted by atomic mass is 16.5. The molecule has 0 bridgehead atoms. The van der Waals surface area contributed by atoms with Gasteiger partial charge in [-0.05, 0) is 61.4 Å². The van der Waals surface area contributed by atoms with Crippen LogP contribution in [0.15, 0.2) is 42.5 Å². The van der Waals surface area contributed by atoms with Crippen molar-refractivity contribution in [1.29, 1.82) is 0 Å². The molecule has 1 heterocycles. The van der Waals surface area contributed by atoms with Crippen LogP contribution >= 0.6 is 0 Å². The maximum Gasteiger partial charge on any atom is 0.255 e. The van der Waals surface area contributed by atoms with Crippen molar-refractivity contribution in [3.05, 3.63) is 53.6 Å². The minimum absolute atomic E-state index is 0.153. The first kappa shape index (κ1) is 16.1. The Morgan fingerprint density at radius 1 is 1.17 bits per heavy atom. The first-order chi connectivity index (χ1) is 11.6. The monoisotopic (exact) mass is 324 g/mol. The minimum atomic E-state index is -0.170. The van der Waals surface area contributed by atoms with Gasteiger partial charge >= 0.3 is 0 Å². The fourth-order valence-corrected chi connectivity index (χ4v) is 2.93. The number of anilines is 2. The highest BCUT2D eigenvalue weighted by molar-refractivity contribution is 6.05. The van der Waals surface area contributed by atoms with Gasteiger partial charge in [0.05, 0.1) is 7.11 Å². The molecule has 2 amide bonds. The highest BCUT2D eigenvalue weighted by Crippen LogP contribution is 2.30. The van der Waals surface area contributed by atoms with E-state index in [0.717, 1.165) is 16.9 Å². The van der Waals surface area contributed by atoms with Crippen LogP contribution in [-0.4, -0.2) is 25.5 Å². The predicted octanol–water partition coefficient (Wildman–Crippen LogP) is 3.25. The fourth-order valence-electron chi connectivity index (χ4n) is 2.93. The van der Waals surface area contributed by atoms with Crippen LogP contribution in [0.5, 0.6) is 5.75 Å². The van der Waals surface area contributed by atoms with Crippen LogP contribution in [0.3, 0.4) is 0 Å². The van der Waals surface area contributed by atoms with Crippen molar-refractivity contribution in [3.8, 4) is 5.75 Å². The lowest BCUT2D eigenvalue weighted by Crippen LogP contribution is -2.34. The number of nitrogens with one attached hydrogen (secondary N) is 1. The Balaban J connectivity index is 1.78. The van der Waals surface area contributed by atoms with Crippen LogP contribution in [0.25, 0.3) is 0 Å². The zero-order chi connectivity index (χ0) is 17.1. The van der Waals surface area contributed by atoms with E-state index in [4.69, 9.17) is 4.74 Å². The Morgan fingerprint density at radius 2 is 1.92 bits per heavy atom. The molecule has 1 aliphatic rings. The number of nitrogens with zero attached hydrogens (tertiary/aromatic N) is 1. The normalized spacial score (nSPS) is 13.4. The van der Waals surface area contributed by atoms with Crippen molar-refractivity contribution >= 4 is 23.2 Å². The quantitative estimate of drug-likeness (QED) is 0.939. The summed E-state index contributed by atoms with van der Waals surface area (Å²) in [6.07, 6.45) is 1.22. The second-order valence-electron chi connectivity index (χ2n) is 5.66. The van der Waals surface area contributed by atoms with E-state index >= 15 is 0 Å². The molecule has 0 saturated heterocycles. The largest absolute Gasteiger partial charge is 0.497 e. The van der Waals surface area contributed by atoms with Gasteiger partial charge in [-0.3, -0.25) is 9.59 Å². The number of hydrogen-bond donors (Lipinski definition) is 1. The summed E-state index contributed by atoms with van der Waals surface area (Å²) in [5.74, 6) is 0.696. The van der Waals surface area contributed by atoms with E-state index in [1.54, 1.807) is 36.3 Å². The number of benzene rings is 2. The summed E-state index contributed by atoms with van der Waals surface area (Å²) < 4.78 is 5.09. The molecule has 0 spiro atoms. The molecule has 0 radical (unpaired) electrons. The van der Waals surface area contributed by atoms with Gasteiger partial charge in [0.25, 0.3) is 5.91 Å². The molecule has 3 rings (SSSR count). The predicted molar refractivity (Wildman–Crippen MR) is 93.7 cm³/mol. The summed E-state index contributed by atoms with van der Waals surface area (Å²) >= 11 is 0. The van der Waals surface area contributed by atoms with E-state index in [2.05, 4.69) is 5.32 Å². The molecular weight excluding hydrogens is 304 g/mol. The molecule has 5 heteroatoms. The lowest BCUT2D eigenvalue weighted by atomic mass is 10.0. The molecule has 0 fully saturated rings. The van der Waals surface area contributed by atoms with Gasteiger partial charge in [0.2, 0.25) is 5.91 Å². The zero-order valence-electron chi connectivity index (χ0n) is 13.8. The molecule has 1 N–H and O–H groups in total. The summed E-state index contributed by atoms with van der Waals surface area (Å²) in [6.45, 7) is 2.62. The first-order valence-corrected chi connectivity index (χ1v) is 8.01. The third-order valence-corrected chi connectivity index (χ3v) is 4.21. The Bertz CT molecular complexity index is 769. The third kappa shape index (κ3) is 3.11. The van der Waals surface area contributed by atoms with Crippen molar-refractivity contribution in [1.82, 2.24) is 0 Å². The van der Waals surface area contributed by atoms with Gasteiger partial charge in [-0.15, -0.1) is 0 Å². The average molecular weight is 324 g/mol. The standard InChI is InChI=1S/C19H20N2O3/c1-3-21-17-10-7-15(12-14(17)6-11-18(21)22)20-19(23)13-4-8-16(24-2)9-5-13/h4-5,7-10,12H,3,6,11H2,1-2H3,(H,20,23). The van der Waals surface area contributed by atoms with Crippen LogP contribution < -0.4 is 15.0 Å². The van der Waals surface area contributed by atoms with Crippen molar-refractivity contribution < 1.29 is 14.3 Å². The van der Waals surface area contributed by atoms with E-state index in [-0.39, 0.29) is 11.8 Å². The number of carbonyl (C=O) groups is 2. The van der Waals surface area contributed by atoms with Crippen LogP contribution in [0.1, 0.15) is 29.3 Å². The third-order valence-electron chi connectivity index (χ3n) is 4.21. The second-order valence-corrected chi connectivity index (χ2v) is 5.66. The SMILES string of the molecule is CCN1C(=O)CCc2cc(NC(=O)c3ccc(OC)cc3)ccc21. The Kier molecular flexibility index (Phi) is 4.51. The van der Waals surface area contributed by atoms with Crippen molar-refractivity contribution in [2.75, 3.05) is 23.9 Å². The fraction of sp³-hybridized carbons (Fsp3) is 0.263. The maximum absolute atomic E-state index is 12.3. The molecule has 2 aromatic carbocycles. The number of carbonyl (C=O) groups excluding carboxylic acids is 2. The van der Waals surface area contributed by atoms with Gasteiger partial charge in [-0.25, -0.2) is 0 Å². The van der Waals surface area contributed by atoms with Crippen molar-refractivity contribution in [2.45, 2.75) is 19.8 Å². The molecule has 0 aromatic heterocycles. The molecule has 124 valence electrons. The minimum Gasteiger partial charge on any atom is -0.497 e. The van der Waals surface area contributed by atoms with Crippen LogP contribution in [0, 0.1) is 0 Å². The lowest BCUT2D eigenvalue weighted by molar-refractivity contribution is -0.118. The highest BCUT2D eigenvalue weighted by Gasteiger charge is 2.23. The van der Waals surface area contributed by atoms with Gasteiger partial charge in [0.15, 0.2) is 0 Å². The Hall–Kier alpha value is -2.82. The number of hydrogen-bond acceptors (Lipinski definition) is 3. The average Bonchev–Trinajstić information content (AvgIpc) is 2.62. The van der Waals surface area contributed by atoms with Crippen LogP contribution in [0.4, 0.5) is 11.4 Å². The Labute approximate surface area is 141 Å². The molecule has 0 unspecified atom stereocenters. The van der Waals surface area contributed by atoms with Gasteiger partial charge in [0.1, 0.15) is 5.75 Å². The van der Waals surface area contributed by atoms with Crippen molar-refractivity contribution in [2.24, 2.45) is 0 Å². The number of ether oxygens (including phenoxy) is 1. The van der Waals surface area contributed by atoms with E-state index in [0.29, 0.717) is 30.7 Å². The summed E-state index contributed by atoms with van der Waals surface area (Å²) in [5, 5.41) is 2.91. The molecule has 5 nitrogen and oxygen atoms in total. The molecule has 0 aliphatic carbocycles. The molecule has 0 saturated carbocycles. The van der Waals surface area contributed by atoms with Gasteiger partial charge in [0, 0.05) is 29.9 Å². The second kappa shape index (κ2) is 6.74. The van der Waals surface area contributed by atoms with E-state index in [1.807, 2.05) is 25.1 Å². The zero-order valence-corrected chi connectivity index (χ0v) is 13.8. The smallest absolute Gasteiger partial charge is 0.255 e. The molecule has 2 aromatic rings. The van der Waals surface area contributed by atoms with Crippen LogP contribution in [-0.2, 0) is 11.2 Å². The van der Waals surface area contributed by atoms with Gasteiger partial charge in [-0.2, -0.15) is 0 Å². The Morgan fingerprint density at radius 3 is 2.58 bits per heavy atom. The summed E-state index contributed by atoms with van der Waals surface area (Å²) in [7, 11) is 1.59. The molecule has 24 heavy (non-hydrogen) atoms. The van der Waals surface area contributed by atoms with Gasteiger partial charge < -0.3 is 15.0 Å². The number of rotatable bonds is 4. The van der Waals surface area contributed by atoms with Crippen molar-refractivity contribution in [3.63, 3.8) is 0 Å². The number of methoxy groups -OCH3 is 1. The summed E-state index contributed by atoms with van der Waals surface area (Å²) in [5.41, 5.74) is 3.33. The van der Waals surface area contributed by atoms with Gasteiger partial charge in [-0.1, -0.05) is 0 Å². The summed E-state index contributed by atoms with van der Waals surface area (Å²) in [6, 6.07) is 12.7. The molecule has 0 atom stereocenters. The van der Waals surface area contributed by atoms with E-state index < -0.39 is 0 Å². The van der Waals surface area contributed by atoms with Crippen LogP contribution in [0.2, 0.25) is 0 Å².